The predicted octanol–water partition coefficient (Wildman–Crippen LogP) is 4.69. The molecule has 0 aliphatic heterocycles. The summed E-state index contributed by atoms with van der Waals surface area (Å²) >= 11 is 4.96. The van der Waals surface area contributed by atoms with Gasteiger partial charge in [0.25, 0.3) is 5.91 Å². The number of hydrogen-bond donors (Lipinski definition) is 1. The fourth-order valence-electron chi connectivity index (χ4n) is 2.22. The first-order valence-corrected chi connectivity index (χ1v) is 8.69. The van der Waals surface area contributed by atoms with Crippen molar-refractivity contribution in [3.63, 3.8) is 0 Å². The van der Waals surface area contributed by atoms with Crippen molar-refractivity contribution in [1.29, 1.82) is 0 Å². The number of halogens is 1. The van der Waals surface area contributed by atoms with Crippen LogP contribution in [0.2, 0.25) is 0 Å². The minimum absolute atomic E-state index is 0.0452. The molecule has 4 nitrogen and oxygen atoms in total. The topological polar surface area (TPSA) is 51.2 Å². The van der Waals surface area contributed by atoms with Gasteiger partial charge in [-0.1, -0.05) is 39.4 Å². The fourth-order valence-corrected chi connectivity index (χ4v) is 3.33. The number of aromatic nitrogens is 1. The molecule has 0 aliphatic rings. The highest BCUT2D eigenvalue weighted by molar-refractivity contribution is 9.10. The molecular weight excluding hydrogens is 376 g/mol. The van der Waals surface area contributed by atoms with Crippen LogP contribution < -0.4 is 10.1 Å². The zero-order valence-corrected chi connectivity index (χ0v) is 15.1. The molecule has 0 saturated heterocycles. The minimum atomic E-state index is -0.220. The molecule has 1 heterocycles. The maximum absolute atomic E-state index is 12.0. The number of fused-ring (bicyclic) bond motifs is 1. The summed E-state index contributed by atoms with van der Waals surface area (Å²) in [4.78, 5) is 16.4. The van der Waals surface area contributed by atoms with Crippen molar-refractivity contribution in [2.24, 2.45) is 0 Å². The maximum atomic E-state index is 12.0. The van der Waals surface area contributed by atoms with Gasteiger partial charge in [-0.2, -0.15) is 0 Å². The number of thiazole rings is 1. The van der Waals surface area contributed by atoms with Gasteiger partial charge in [0.15, 0.2) is 11.7 Å². The van der Waals surface area contributed by atoms with E-state index in [1.165, 1.54) is 11.3 Å². The molecule has 3 rings (SSSR count). The quantitative estimate of drug-likeness (QED) is 0.702. The highest BCUT2D eigenvalue weighted by atomic mass is 79.9. The van der Waals surface area contributed by atoms with Crippen molar-refractivity contribution in [3.8, 4) is 5.75 Å². The molecule has 2 aromatic carbocycles. The lowest BCUT2D eigenvalue weighted by atomic mass is 10.1. The van der Waals surface area contributed by atoms with E-state index in [1.807, 2.05) is 50.2 Å². The molecule has 0 radical (unpaired) electrons. The van der Waals surface area contributed by atoms with Crippen LogP contribution >= 0.6 is 27.3 Å². The fraction of sp³-hybridized carbons (Fsp3) is 0.176. The largest absolute Gasteiger partial charge is 0.484 e. The van der Waals surface area contributed by atoms with Crippen LogP contribution in [0.5, 0.6) is 5.75 Å². The lowest BCUT2D eigenvalue weighted by molar-refractivity contribution is -0.118. The normalized spacial score (nSPS) is 10.7. The van der Waals surface area contributed by atoms with Gasteiger partial charge in [-0.05, 0) is 49.2 Å². The second-order valence-electron chi connectivity index (χ2n) is 5.19. The third-order valence-electron chi connectivity index (χ3n) is 3.32. The van der Waals surface area contributed by atoms with Crippen LogP contribution in [0.3, 0.4) is 0 Å². The number of nitrogens with one attached hydrogen (secondary N) is 1. The van der Waals surface area contributed by atoms with Gasteiger partial charge in [-0.25, -0.2) is 4.98 Å². The average molecular weight is 391 g/mol. The molecule has 0 aliphatic carbocycles. The summed E-state index contributed by atoms with van der Waals surface area (Å²) in [5.74, 6) is 0.463. The number of amides is 1. The summed E-state index contributed by atoms with van der Waals surface area (Å²) in [6.07, 6.45) is 0. The Morgan fingerprint density at radius 2 is 1.96 bits per heavy atom. The Hall–Kier alpha value is -1.92. The van der Waals surface area contributed by atoms with E-state index in [2.05, 4.69) is 26.2 Å². The van der Waals surface area contributed by atoms with Crippen LogP contribution in [0, 0.1) is 13.8 Å². The van der Waals surface area contributed by atoms with E-state index < -0.39 is 0 Å². The molecule has 1 aromatic heterocycles. The Kier molecular flexibility index (Phi) is 4.63. The van der Waals surface area contributed by atoms with Gasteiger partial charge in [0, 0.05) is 4.47 Å². The molecule has 0 unspecified atom stereocenters. The van der Waals surface area contributed by atoms with Gasteiger partial charge in [-0.3, -0.25) is 10.1 Å². The van der Waals surface area contributed by atoms with Crippen molar-refractivity contribution in [3.05, 3.63) is 52.0 Å². The third-order valence-corrected chi connectivity index (χ3v) is 5.52. The number of carbonyl (C=O) groups excluding carboxylic acids is 1. The van der Waals surface area contributed by atoms with E-state index in [0.717, 1.165) is 25.8 Å². The summed E-state index contributed by atoms with van der Waals surface area (Å²) in [5.41, 5.74) is 3.03. The van der Waals surface area contributed by atoms with Gasteiger partial charge >= 0.3 is 0 Å². The molecule has 0 fully saturated rings. The second-order valence-corrected chi connectivity index (χ2v) is 7.02. The van der Waals surface area contributed by atoms with E-state index in [-0.39, 0.29) is 12.5 Å². The highest BCUT2D eigenvalue weighted by Gasteiger charge is 2.09. The van der Waals surface area contributed by atoms with Crippen molar-refractivity contribution in [1.82, 2.24) is 4.98 Å². The van der Waals surface area contributed by atoms with Gasteiger partial charge in [0.05, 0.1) is 10.2 Å². The first kappa shape index (κ1) is 16.0. The lowest BCUT2D eigenvalue weighted by Crippen LogP contribution is -2.20. The van der Waals surface area contributed by atoms with Crippen molar-refractivity contribution in [2.75, 3.05) is 11.9 Å². The van der Waals surface area contributed by atoms with Gasteiger partial charge in [-0.15, -0.1) is 0 Å². The summed E-state index contributed by atoms with van der Waals surface area (Å²) in [5, 5.41) is 3.36. The summed E-state index contributed by atoms with van der Waals surface area (Å²) in [6, 6.07) is 11.6. The molecule has 0 saturated carbocycles. The first-order chi connectivity index (χ1) is 11.0. The van der Waals surface area contributed by atoms with Crippen molar-refractivity contribution < 1.29 is 9.53 Å². The number of nitrogens with zero attached hydrogens (tertiary/aromatic N) is 1. The number of aryl methyl sites for hydroxylation is 2. The van der Waals surface area contributed by atoms with Crippen molar-refractivity contribution >= 4 is 48.5 Å². The van der Waals surface area contributed by atoms with E-state index in [0.29, 0.717) is 10.9 Å². The first-order valence-electron chi connectivity index (χ1n) is 7.08. The maximum Gasteiger partial charge on any atom is 0.264 e. The van der Waals surface area contributed by atoms with Crippen LogP contribution in [-0.4, -0.2) is 17.5 Å². The molecule has 3 aromatic rings. The number of anilines is 1. The van der Waals surface area contributed by atoms with Crippen LogP contribution in [0.1, 0.15) is 11.1 Å². The van der Waals surface area contributed by atoms with Crippen molar-refractivity contribution in [2.45, 2.75) is 13.8 Å². The molecule has 0 bridgehead atoms. The van der Waals surface area contributed by atoms with E-state index in [4.69, 9.17) is 4.74 Å². The molecule has 1 amide bonds. The standard InChI is InChI=1S/C17H15BrN2O2S/c1-10-7-12(8-11(2)16(10)18)22-9-15(21)20-17-19-13-5-3-4-6-14(13)23-17/h3-8H,9H2,1-2H3,(H,19,20,21). The Labute approximate surface area is 146 Å². The molecule has 118 valence electrons. The summed E-state index contributed by atoms with van der Waals surface area (Å²) in [7, 11) is 0. The Bertz CT molecular complexity index is 820. The van der Waals surface area contributed by atoms with Crippen LogP contribution in [0.15, 0.2) is 40.9 Å². The summed E-state index contributed by atoms with van der Waals surface area (Å²) < 4.78 is 7.68. The summed E-state index contributed by atoms with van der Waals surface area (Å²) in [6.45, 7) is 3.94. The Morgan fingerprint density at radius 1 is 1.26 bits per heavy atom. The molecule has 1 N–H and O–H groups in total. The zero-order chi connectivity index (χ0) is 16.4. The lowest BCUT2D eigenvalue weighted by Gasteiger charge is -2.09. The number of para-hydroxylation sites is 1. The van der Waals surface area contributed by atoms with E-state index in [9.17, 15) is 4.79 Å². The van der Waals surface area contributed by atoms with Crippen LogP contribution in [0.4, 0.5) is 5.13 Å². The van der Waals surface area contributed by atoms with E-state index in [1.54, 1.807) is 0 Å². The zero-order valence-electron chi connectivity index (χ0n) is 12.7. The Balaban J connectivity index is 1.63. The van der Waals surface area contributed by atoms with Crippen LogP contribution in [0.25, 0.3) is 10.2 Å². The monoisotopic (exact) mass is 390 g/mol. The SMILES string of the molecule is Cc1cc(OCC(=O)Nc2nc3ccccc3s2)cc(C)c1Br. The second kappa shape index (κ2) is 6.68. The molecular formula is C17H15BrN2O2S. The molecule has 23 heavy (non-hydrogen) atoms. The Morgan fingerprint density at radius 3 is 2.65 bits per heavy atom. The number of benzene rings is 2. The van der Waals surface area contributed by atoms with Gasteiger partial charge in [0.2, 0.25) is 0 Å². The predicted molar refractivity (Wildman–Crippen MR) is 97.4 cm³/mol. The van der Waals surface area contributed by atoms with Gasteiger partial charge in [0.1, 0.15) is 5.75 Å². The smallest absolute Gasteiger partial charge is 0.264 e. The highest BCUT2D eigenvalue weighted by Crippen LogP contribution is 2.27. The third kappa shape index (κ3) is 3.71. The number of ether oxygens (including phenoxy) is 1. The molecule has 0 atom stereocenters. The number of hydrogen-bond acceptors (Lipinski definition) is 4. The van der Waals surface area contributed by atoms with Gasteiger partial charge < -0.3 is 4.74 Å². The number of carbonyl (C=O) groups is 1. The average Bonchev–Trinajstić information content (AvgIpc) is 2.92. The number of rotatable bonds is 4. The minimum Gasteiger partial charge on any atom is -0.484 e. The van der Waals surface area contributed by atoms with Crippen LogP contribution in [-0.2, 0) is 4.79 Å². The van der Waals surface area contributed by atoms with E-state index >= 15 is 0 Å². The molecule has 0 spiro atoms. The molecule has 6 heteroatoms.